The van der Waals surface area contributed by atoms with Crippen LogP contribution in [0.5, 0.6) is 0 Å². The van der Waals surface area contributed by atoms with E-state index >= 15 is 0 Å². The molecule has 1 aromatic rings. The normalized spacial score (nSPS) is 15.5. The van der Waals surface area contributed by atoms with Crippen LogP contribution < -0.4 is 20.4 Å². The molecule has 1 aliphatic rings. The molecule has 2 amide bonds. The fraction of sp³-hybridized carbons (Fsp3) is 0.556. The molecule has 1 aromatic carbocycles. The molecule has 6 nitrogen and oxygen atoms in total. The molecule has 3 N–H and O–H groups in total. The van der Waals surface area contributed by atoms with Crippen molar-refractivity contribution >= 4 is 17.5 Å². The van der Waals surface area contributed by atoms with Crippen LogP contribution in [0.25, 0.3) is 0 Å². The fourth-order valence-electron chi connectivity index (χ4n) is 2.93. The van der Waals surface area contributed by atoms with Gasteiger partial charge in [-0.3, -0.25) is 9.59 Å². The number of anilines is 1. The second-order valence-electron chi connectivity index (χ2n) is 6.59. The molecule has 0 radical (unpaired) electrons. The van der Waals surface area contributed by atoms with Crippen LogP contribution in [0.1, 0.15) is 18.9 Å². The van der Waals surface area contributed by atoms with Crippen LogP contribution in [0.3, 0.4) is 0 Å². The summed E-state index contributed by atoms with van der Waals surface area (Å²) < 4.78 is 38.5. The number of benzene rings is 1. The average Bonchev–Trinajstić information content (AvgIpc) is 2.65. The first-order valence-corrected chi connectivity index (χ1v) is 9.08. The van der Waals surface area contributed by atoms with Crippen molar-refractivity contribution in [1.82, 2.24) is 10.6 Å². The highest BCUT2D eigenvalue weighted by Gasteiger charge is 2.31. The second-order valence-corrected chi connectivity index (χ2v) is 6.59. The molecule has 1 heterocycles. The maximum absolute atomic E-state index is 12.8. The standard InChI is InChI=1S/C18H25F3N4O2/c1-2-6-22-16(26)12-23-17(27)13-24-7-9-25(10-8-24)15-5-3-4-14(11-15)18(19,20)21/h3-5,11H,2,6-10,12-13H2,1H3,(H,22,26)(H,23,27)/p+1. The summed E-state index contributed by atoms with van der Waals surface area (Å²) in [5.41, 5.74) is -0.114. The molecule has 1 aliphatic heterocycles. The maximum Gasteiger partial charge on any atom is 0.416 e. The van der Waals surface area contributed by atoms with Crippen molar-refractivity contribution in [1.29, 1.82) is 0 Å². The minimum atomic E-state index is -4.36. The van der Waals surface area contributed by atoms with E-state index in [0.29, 0.717) is 38.4 Å². The molecular formula is C18H26F3N4O2+. The van der Waals surface area contributed by atoms with Crippen molar-refractivity contribution in [2.45, 2.75) is 19.5 Å². The summed E-state index contributed by atoms with van der Waals surface area (Å²) >= 11 is 0. The third kappa shape index (κ3) is 6.74. The molecule has 0 atom stereocenters. The highest BCUT2D eigenvalue weighted by Crippen LogP contribution is 2.31. The van der Waals surface area contributed by atoms with E-state index < -0.39 is 11.7 Å². The lowest BCUT2D eigenvalue weighted by Gasteiger charge is -2.33. The number of amides is 2. The summed E-state index contributed by atoms with van der Waals surface area (Å²) in [6.07, 6.45) is -3.52. The van der Waals surface area contributed by atoms with E-state index in [1.165, 1.54) is 6.07 Å². The second kappa shape index (κ2) is 9.59. The summed E-state index contributed by atoms with van der Waals surface area (Å²) in [4.78, 5) is 26.4. The van der Waals surface area contributed by atoms with Gasteiger partial charge in [0.25, 0.3) is 5.91 Å². The highest BCUT2D eigenvalue weighted by atomic mass is 19.4. The van der Waals surface area contributed by atoms with Gasteiger partial charge < -0.3 is 20.4 Å². The lowest BCUT2D eigenvalue weighted by molar-refractivity contribution is -0.892. The third-order valence-corrected chi connectivity index (χ3v) is 4.44. The number of nitrogens with zero attached hydrogens (tertiary/aromatic N) is 1. The van der Waals surface area contributed by atoms with Crippen LogP contribution in [0.4, 0.5) is 18.9 Å². The molecule has 0 spiro atoms. The Balaban J connectivity index is 1.77. The summed E-state index contributed by atoms with van der Waals surface area (Å²) in [7, 11) is 0. The van der Waals surface area contributed by atoms with E-state index in [9.17, 15) is 22.8 Å². The monoisotopic (exact) mass is 387 g/mol. The van der Waals surface area contributed by atoms with Crippen LogP contribution in [0.2, 0.25) is 0 Å². The first kappa shape index (κ1) is 21.0. The Bertz CT molecular complexity index is 644. The van der Waals surface area contributed by atoms with E-state index in [-0.39, 0.29) is 24.9 Å². The Morgan fingerprint density at radius 3 is 2.48 bits per heavy atom. The topological polar surface area (TPSA) is 65.9 Å². The van der Waals surface area contributed by atoms with E-state index in [1.54, 1.807) is 6.07 Å². The Labute approximate surface area is 156 Å². The van der Waals surface area contributed by atoms with Gasteiger partial charge >= 0.3 is 6.18 Å². The van der Waals surface area contributed by atoms with Gasteiger partial charge in [0, 0.05) is 12.2 Å². The molecule has 0 saturated carbocycles. The van der Waals surface area contributed by atoms with Gasteiger partial charge in [0.05, 0.1) is 38.3 Å². The molecule has 9 heteroatoms. The van der Waals surface area contributed by atoms with Gasteiger partial charge in [-0.2, -0.15) is 13.2 Å². The zero-order chi connectivity index (χ0) is 19.9. The number of quaternary nitrogens is 1. The SMILES string of the molecule is CCCNC(=O)CNC(=O)C[NH+]1CCN(c2cccc(C(F)(F)F)c2)CC1. The van der Waals surface area contributed by atoms with Crippen LogP contribution in [-0.4, -0.2) is 57.6 Å². The van der Waals surface area contributed by atoms with E-state index in [1.807, 2.05) is 11.8 Å². The summed E-state index contributed by atoms with van der Waals surface area (Å²) in [6.45, 7) is 5.16. The molecule has 150 valence electrons. The van der Waals surface area contributed by atoms with Crippen molar-refractivity contribution < 1.29 is 27.7 Å². The van der Waals surface area contributed by atoms with Crippen LogP contribution in [0.15, 0.2) is 24.3 Å². The molecular weight excluding hydrogens is 361 g/mol. The predicted octanol–water partition coefficient (Wildman–Crippen LogP) is 0.0527. The van der Waals surface area contributed by atoms with Gasteiger partial charge in [0.1, 0.15) is 0 Å². The molecule has 1 saturated heterocycles. The summed E-state index contributed by atoms with van der Waals surface area (Å²) in [5.74, 6) is -0.418. The van der Waals surface area contributed by atoms with Crippen molar-refractivity contribution in [3.63, 3.8) is 0 Å². The van der Waals surface area contributed by atoms with Crippen LogP contribution in [-0.2, 0) is 15.8 Å². The smallest absolute Gasteiger partial charge is 0.360 e. The zero-order valence-electron chi connectivity index (χ0n) is 15.4. The van der Waals surface area contributed by atoms with Gasteiger partial charge in [-0.05, 0) is 24.6 Å². The predicted molar refractivity (Wildman–Crippen MR) is 95.5 cm³/mol. The Morgan fingerprint density at radius 1 is 1.15 bits per heavy atom. The van der Waals surface area contributed by atoms with Gasteiger partial charge in [0.15, 0.2) is 6.54 Å². The molecule has 1 fully saturated rings. The number of hydrogen-bond donors (Lipinski definition) is 3. The Morgan fingerprint density at radius 2 is 1.85 bits per heavy atom. The number of hydrogen-bond acceptors (Lipinski definition) is 3. The van der Waals surface area contributed by atoms with E-state index in [2.05, 4.69) is 10.6 Å². The van der Waals surface area contributed by atoms with Crippen LogP contribution in [0, 0.1) is 0 Å². The van der Waals surface area contributed by atoms with Gasteiger partial charge in [-0.15, -0.1) is 0 Å². The molecule has 2 rings (SSSR count). The van der Waals surface area contributed by atoms with E-state index in [0.717, 1.165) is 23.5 Å². The molecule has 0 bridgehead atoms. The van der Waals surface area contributed by atoms with Crippen molar-refractivity contribution in [2.75, 3.05) is 50.7 Å². The van der Waals surface area contributed by atoms with Gasteiger partial charge in [-0.1, -0.05) is 13.0 Å². The average molecular weight is 387 g/mol. The van der Waals surface area contributed by atoms with E-state index in [4.69, 9.17) is 0 Å². The first-order valence-electron chi connectivity index (χ1n) is 9.08. The molecule has 0 unspecified atom stereocenters. The third-order valence-electron chi connectivity index (χ3n) is 4.44. The zero-order valence-corrected chi connectivity index (χ0v) is 15.4. The van der Waals surface area contributed by atoms with Crippen molar-refractivity contribution in [3.05, 3.63) is 29.8 Å². The van der Waals surface area contributed by atoms with Crippen LogP contribution >= 0.6 is 0 Å². The summed E-state index contributed by atoms with van der Waals surface area (Å²) in [5, 5.41) is 5.28. The lowest BCUT2D eigenvalue weighted by atomic mass is 10.1. The van der Waals surface area contributed by atoms with Crippen molar-refractivity contribution in [3.8, 4) is 0 Å². The molecule has 0 aromatic heterocycles. The number of carbonyl (C=O) groups is 2. The maximum atomic E-state index is 12.8. The van der Waals surface area contributed by atoms with Crippen molar-refractivity contribution in [2.24, 2.45) is 0 Å². The largest absolute Gasteiger partial charge is 0.416 e. The Kier molecular flexibility index (Phi) is 7.46. The molecule has 0 aliphatic carbocycles. The lowest BCUT2D eigenvalue weighted by Crippen LogP contribution is -3.16. The number of alkyl halides is 3. The van der Waals surface area contributed by atoms with Gasteiger partial charge in [0.2, 0.25) is 5.91 Å². The number of rotatable bonds is 7. The fourth-order valence-corrected chi connectivity index (χ4v) is 2.93. The number of nitrogens with one attached hydrogen (secondary N) is 3. The van der Waals surface area contributed by atoms with Gasteiger partial charge in [-0.25, -0.2) is 0 Å². The number of halogens is 3. The highest BCUT2D eigenvalue weighted by molar-refractivity contribution is 5.84. The summed E-state index contributed by atoms with van der Waals surface area (Å²) in [6, 6.07) is 5.30. The Hall–Kier alpha value is -2.29. The molecule has 27 heavy (non-hydrogen) atoms. The quantitative estimate of drug-likeness (QED) is 0.620. The first-order chi connectivity index (χ1) is 12.8. The minimum Gasteiger partial charge on any atom is -0.360 e. The number of carbonyl (C=O) groups excluding carboxylic acids is 2. The number of piperazine rings is 1. The minimum absolute atomic E-state index is 0.0392.